The Kier molecular flexibility index (Phi) is 10.6. The topological polar surface area (TPSA) is 165 Å². The van der Waals surface area contributed by atoms with Crippen molar-refractivity contribution < 1.29 is 24.1 Å². The molecule has 11 heteroatoms. The molecule has 1 saturated carbocycles. The smallest absolute Gasteiger partial charge is 0.269 e. The first-order valence-electron chi connectivity index (χ1n) is 13.5. The Labute approximate surface area is 223 Å². The number of nitrogens with one attached hydrogen (secondary N) is 2. The van der Waals surface area contributed by atoms with Crippen LogP contribution in [-0.2, 0) is 25.6 Å². The second kappa shape index (κ2) is 13.9. The van der Waals surface area contributed by atoms with E-state index in [1.807, 2.05) is 0 Å². The van der Waals surface area contributed by atoms with Crippen LogP contribution in [0.2, 0.25) is 0 Å². The molecule has 1 heterocycles. The lowest BCUT2D eigenvalue weighted by Gasteiger charge is -2.35. The number of primary amides is 1. The summed E-state index contributed by atoms with van der Waals surface area (Å²) in [6, 6.07) is 4.04. The van der Waals surface area contributed by atoms with Gasteiger partial charge in [-0.15, -0.1) is 0 Å². The Morgan fingerprint density at radius 1 is 1.03 bits per heavy atom. The molecule has 38 heavy (non-hydrogen) atoms. The van der Waals surface area contributed by atoms with E-state index >= 15 is 0 Å². The molecule has 2 fully saturated rings. The summed E-state index contributed by atoms with van der Waals surface area (Å²) in [4.78, 5) is 62.7. The van der Waals surface area contributed by atoms with Gasteiger partial charge in [0.2, 0.25) is 23.6 Å². The van der Waals surface area contributed by atoms with Crippen molar-refractivity contribution in [1.82, 2.24) is 15.5 Å². The molecule has 2 aliphatic rings. The number of hydrogen-bond donors (Lipinski definition) is 3. The van der Waals surface area contributed by atoms with Gasteiger partial charge in [-0.3, -0.25) is 29.3 Å². The van der Waals surface area contributed by atoms with Gasteiger partial charge in [-0.05, 0) is 37.2 Å². The van der Waals surface area contributed by atoms with E-state index < -0.39 is 40.6 Å². The van der Waals surface area contributed by atoms with E-state index in [9.17, 15) is 29.3 Å². The van der Waals surface area contributed by atoms with Crippen molar-refractivity contribution in [3.63, 3.8) is 0 Å². The van der Waals surface area contributed by atoms with Crippen LogP contribution in [0.5, 0.6) is 0 Å². The van der Waals surface area contributed by atoms with E-state index in [0.29, 0.717) is 37.3 Å². The maximum Gasteiger partial charge on any atom is 0.269 e. The number of benzene rings is 1. The number of non-ortho nitro benzene ring substituents is 1. The van der Waals surface area contributed by atoms with Gasteiger partial charge in [0.15, 0.2) is 0 Å². The molecular formula is C27H39N5O6. The molecule has 1 unspecified atom stereocenters. The van der Waals surface area contributed by atoms with Gasteiger partial charge in [0, 0.05) is 38.6 Å². The van der Waals surface area contributed by atoms with Crippen LogP contribution in [0.1, 0.15) is 70.3 Å². The molecule has 1 aliphatic heterocycles. The van der Waals surface area contributed by atoms with Crippen LogP contribution >= 0.6 is 0 Å². The lowest BCUT2D eigenvalue weighted by Crippen LogP contribution is -2.56. The fraction of sp³-hybridized carbons (Fsp3) is 0.630. The molecule has 208 valence electrons. The zero-order valence-electron chi connectivity index (χ0n) is 22.0. The summed E-state index contributed by atoms with van der Waals surface area (Å²) in [7, 11) is 0. The first-order chi connectivity index (χ1) is 18.1. The van der Waals surface area contributed by atoms with E-state index in [1.54, 1.807) is 17.0 Å². The third kappa shape index (κ3) is 8.53. The second-order valence-electron chi connectivity index (χ2n) is 10.5. The molecule has 1 saturated heterocycles. The Morgan fingerprint density at radius 2 is 1.71 bits per heavy atom. The molecule has 3 atom stereocenters. The highest BCUT2D eigenvalue weighted by atomic mass is 16.6. The SMILES string of the molecule is CC(=O)N[C@@H](Cc1ccc([N+](=O)[O-])cc1)C(=O)N[C@@H](CCC1CCCCC1)C(=O)N1CCCC(C(N)=O)C1. The van der Waals surface area contributed by atoms with E-state index in [-0.39, 0.29) is 24.6 Å². The molecule has 1 aromatic rings. The van der Waals surface area contributed by atoms with Crippen molar-refractivity contribution in [2.24, 2.45) is 17.6 Å². The van der Waals surface area contributed by atoms with Crippen LogP contribution in [-0.4, -0.2) is 58.6 Å². The van der Waals surface area contributed by atoms with Crippen molar-refractivity contribution in [1.29, 1.82) is 0 Å². The number of nitro benzene ring substituents is 1. The number of likely N-dealkylation sites (tertiary alicyclic amines) is 1. The van der Waals surface area contributed by atoms with Crippen LogP contribution in [0.15, 0.2) is 24.3 Å². The number of rotatable bonds is 11. The molecule has 1 aliphatic carbocycles. The summed E-state index contributed by atoms with van der Waals surface area (Å²) in [6.45, 7) is 2.04. The average molecular weight is 530 g/mol. The monoisotopic (exact) mass is 529 g/mol. The molecule has 0 spiro atoms. The second-order valence-corrected chi connectivity index (χ2v) is 10.5. The first-order valence-corrected chi connectivity index (χ1v) is 13.5. The van der Waals surface area contributed by atoms with Gasteiger partial charge in [-0.1, -0.05) is 44.2 Å². The van der Waals surface area contributed by atoms with Crippen LogP contribution in [0.25, 0.3) is 0 Å². The Bertz CT molecular complexity index is 1010. The van der Waals surface area contributed by atoms with Crippen LogP contribution in [0.3, 0.4) is 0 Å². The highest BCUT2D eigenvalue weighted by molar-refractivity contribution is 5.92. The minimum absolute atomic E-state index is 0.0709. The van der Waals surface area contributed by atoms with Gasteiger partial charge < -0.3 is 21.3 Å². The molecule has 4 amide bonds. The van der Waals surface area contributed by atoms with E-state index in [4.69, 9.17) is 5.73 Å². The Morgan fingerprint density at radius 3 is 2.32 bits per heavy atom. The van der Waals surface area contributed by atoms with E-state index in [2.05, 4.69) is 10.6 Å². The lowest BCUT2D eigenvalue weighted by molar-refractivity contribution is -0.384. The third-order valence-electron chi connectivity index (χ3n) is 7.62. The maximum atomic E-state index is 13.6. The van der Waals surface area contributed by atoms with Crippen molar-refractivity contribution in [2.45, 2.75) is 83.2 Å². The normalized spacial score (nSPS) is 19.7. The number of carbonyl (C=O) groups is 4. The largest absolute Gasteiger partial charge is 0.369 e. The summed E-state index contributed by atoms with van der Waals surface area (Å²) < 4.78 is 0. The molecular weight excluding hydrogens is 490 g/mol. The van der Waals surface area contributed by atoms with Crippen molar-refractivity contribution in [3.8, 4) is 0 Å². The van der Waals surface area contributed by atoms with Gasteiger partial charge in [0.05, 0.1) is 10.8 Å². The summed E-state index contributed by atoms with van der Waals surface area (Å²) in [5.74, 6) is -1.48. The summed E-state index contributed by atoms with van der Waals surface area (Å²) >= 11 is 0. The summed E-state index contributed by atoms with van der Waals surface area (Å²) in [5.41, 5.74) is 6.07. The number of carbonyl (C=O) groups excluding carboxylic acids is 4. The molecule has 1 aromatic carbocycles. The van der Waals surface area contributed by atoms with Gasteiger partial charge in [-0.2, -0.15) is 0 Å². The fourth-order valence-corrected chi connectivity index (χ4v) is 5.48. The van der Waals surface area contributed by atoms with Crippen LogP contribution in [0.4, 0.5) is 5.69 Å². The number of nitrogens with zero attached hydrogens (tertiary/aromatic N) is 2. The zero-order valence-corrected chi connectivity index (χ0v) is 22.0. The predicted octanol–water partition coefficient (Wildman–Crippen LogP) is 2.21. The van der Waals surface area contributed by atoms with Crippen molar-refractivity contribution in [3.05, 3.63) is 39.9 Å². The zero-order chi connectivity index (χ0) is 27.7. The summed E-state index contributed by atoms with van der Waals surface area (Å²) in [5, 5.41) is 16.5. The molecule has 3 rings (SSSR count). The minimum Gasteiger partial charge on any atom is -0.369 e. The molecule has 11 nitrogen and oxygen atoms in total. The highest BCUT2D eigenvalue weighted by Gasteiger charge is 2.33. The summed E-state index contributed by atoms with van der Waals surface area (Å²) in [6.07, 6.45) is 8.46. The van der Waals surface area contributed by atoms with Gasteiger partial charge in [-0.25, -0.2) is 0 Å². The van der Waals surface area contributed by atoms with Crippen molar-refractivity contribution in [2.75, 3.05) is 13.1 Å². The Hall–Kier alpha value is -3.50. The standard InChI is InChI=1S/C27H39N5O6/c1-18(33)29-24(16-20-9-12-22(13-10-20)32(37)38)26(35)30-23(14-11-19-6-3-2-4-7-19)27(36)31-15-5-8-21(17-31)25(28)34/h9-10,12-13,19,21,23-24H,2-8,11,14-17H2,1H3,(H2,28,34)(H,29,33)(H,30,35)/t21?,23-,24-/m0/s1. The fourth-order valence-electron chi connectivity index (χ4n) is 5.48. The third-order valence-corrected chi connectivity index (χ3v) is 7.62. The quantitative estimate of drug-likeness (QED) is 0.294. The van der Waals surface area contributed by atoms with Crippen LogP contribution < -0.4 is 16.4 Å². The molecule has 0 radical (unpaired) electrons. The molecule has 4 N–H and O–H groups in total. The van der Waals surface area contributed by atoms with Gasteiger partial charge in [0.25, 0.3) is 5.69 Å². The molecule has 0 aromatic heterocycles. The first kappa shape index (κ1) is 29.1. The lowest BCUT2D eigenvalue weighted by atomic mass is 9.85. The number of hydrogen-bond acceptors (Lipinski definition) is 6. The average Bonchev–Trinajstić information content (AvgIpc) is 2.90. The van der Waals surface area contributed by atoms with Crippen LogP contribution in [0, 0.1) is 22.0 Å². The number of piperidine rings is 1. The molecule has 0 bridgehead atoms. The Balaban J connectivity index is 1.74. The predicted molar refractivity (Wildman–Crippen MR) is 141 cm³/mol. The highest BCUT2D eigenvalue weighted by Crippen LogP contribution is 2.28. The van der Waals surface area contributed by atoms with Crippen molar-refractivity contribution >= 4 is 29.3 Å². The minimum atomic E-state index is -0.960. The number of amides is 4. The van der Waals surface area contributed by atoms with Gasteiger partial charge >= 0.3 is 0 Å². The maximum absolute atomic E-state index is 13.6. The number of nitrogens with two attached hydrogens (primary N) is 1. The van der Waals surface area contributed by atoms with E-state index in [0.717, 1.165) is 19.3 Å². The number of nitro groups is 1. The van der Waals surface area contributed by atoms with Gasteiger partial charge in [0.1, 0.15) is 12.1 Å². The van der Waals surface area contributed by atoms with E-state index in [1.165, 1.54) is 38.3 Å².